The van der Waals surface area contributed by atoms with Crippen LogP contribution in [0, 0.1) is 13.8 Å². The molecule has 0 bridgehead atoms. The maximum Gasteiger partial charge on any atom is 0.524 e. The fourth-order valence-corrected chi connectivity index (χ4v) is 5.97. The van der Waals surface area contributed by atoms with Gasteiger partial charge in [-0.15, -0.1) is 0 Å². The molecule has 13 heteroatoms. The molecule has 2 aliphatic rings. The first kappa shape index (κ1) is 33.9. The first-order chi connectivity index (χ1) is 19.6. The zero-order chi connectivity index (χ0) is 31.4. The number of rotatable bonds is 12. The standard InChI is InChI=1S/C29H42NO11P/c1-5-6-13-30-28(35)29(36)14-22(32)26(34)23(15-29)40-24(33)12-8-16(2)7-9-20-18(4)17(3)19-10-11-21(31)25(19)27(20)41-42(37,38)39/h7,22-23,26,32,34,36H,5-6,8-15H2,1-4H3,(H,30,35)(H2,37,38,39)/b16-7+/t22-,23-,26-,29+/m1/s1. The number of aliphatic hydroxyl groups excluding tert-OH is 2. The number of carbonyl (C=O) groups excluding carboxylic acids is 3. The lowest BCUT2D eigenvalue weighted by atomic mass is 9.79. The van der Waals surface area contributed by atoms with Crippen molar-refractivity contribution in [1.29, 1.82) is 0 Å². The number of unbranched alkanes of at least 4 members (excludes halogenated alkanes) is 1. The maximum absolute atomic E-state index is 12.6. The molecule has 1 aromatic rings. The fourth-order valence-electron chi connectivity index (χ4n) is 5.53. The van der Waals surface area contributed by atoms with Crippen LogP contribution in [0.1, 0.15) is 91.4 Å². The number of amides is 1. The number of ketones is 1. The van der Waals surface area contributed by atoms with Gasteiger partial charge in [0.2, 0.25) is 0 Å². The number of nitrogens with one attached hydrogen (secondary N) is 1. The molecule has 0 unspecified atom stereocenters. The molecule has 4 atom stereocenters. The van der Waals surface area contributed by atoms with Crippen LogP contribution in [0.3, 0.4) is 0 Å². The molecular formula is C29H42NO11P. The smallest absolute Gasteiger partial charge is 0.459 e. The Morgan fingerprint density at radius 1 is 1.12 bits per heavy atom. The second-order valence-corrected chi connectivity index (χ2v) is 12.5. The predicted molar refractivity (Wildman–Crippen MR) is 152 cm³/mol. The summed E-state index contributed by atoms with van der Waals surface area (Å²) in [5.41, 5.74) is 1.79. The van der Waals surface area contributed by atoms with Gasteiger partial charge in [0, 0.05) is 37.8 Å². The van der Waals surface area contributed by atoms with Crippen LogP contribution in [0.5, 0.6) is 5.75 Å². The largest absolute Gasteiger partial charge is 0.524 e. The van der Waals surface area contributed by atoms with Crippen LogP contribution >= 0.6 is 7.82 Å². The van der Waals surface area contributed by atoms with Crippen LogP contribution in [0.2, 0.25) is 0 Å². The minimum absolute atomic E-state index is 0.102. The number of fused-ring (bicyclic) bond motifs is 1. The summed E-state index contributed by atoms with van der Waals surface area (Å²) in [5, 5.41) is 34.1. The molecule has 0 heterocycles. The van der Waals surface area contributed by atoms with Crippen LogP contribution in [-0.4, -0.2) is 73.2 Å². The highest BCUT2D eigenvalue weighted by molar-refractivity contribution is 7.46. The van der Waals surface area contributed by atoms with Gasteiger partial charge in [0.05, 0.1) is 11.7 Å². The van der Waals surface area contributed by atoms with E-state index in [0.717, 1.165) is 28.7 Å². The molecule has 12 nitrogen and oxygen atoms in total. The fraction of sp³-hybridized carbons (Fsp3) is 0.621. The molecule has 234 valence electrons. The molecule has 2 aliphatic carbocycles. The van der Waals surface area contributed by atoms with E-state index >= 15 is 0 Å². The summed E-state index contributed by atoms with van der Waals surface area (Å²) in [4.78, 5) is 56.8. The number of esters is 1. The van der Waals surface area contributed by atoms with Crippen molar-refractivity contribution in [2.75, 3.05) is 6.54 Å². The van der Waals surface area contributed by atoms with Gasteiger partial charge in [-0.25, -0.2) is 4.57 Å². The van der Waals surface area contributed by atoms with Crippen LogP contribution in [0.25, 0.3) is 0 Å². The monoisotopic (exact) mass is 611 g/mol. The average molecular weight is 612 g/mol. The van der Waals surface area contributed by atoms with Crippen LogP contribution < -0.4 is 9.84 Å². The quantitative estimate of drug-likeness (QED) is 0.0877. The number of benzene rings is 1. The first-order valence-electron chi connectivity index (χ1n) is 14.2. The van der Waals surface area contributed by atoms with E-state index in [2.05, 4.69) is 5.32 Å². The van der Waals surface area contributed by atoms with Gasteiger partial charge in [-0.2, -0.15) is 0 Å². The molecule has 6 N–H and O–H groups in total. The molecule has 42 heavy (non-hydrogen) atoms. The topological polar surface area (TPSA) is 200 Å². The van der Waals surface area contributed by atoms with E-state index < -0.39 is 43.6 Å². The lowest BCUT2D eigenvalue weighted by Gasteiger charge is -2.40. The highest BCUT2D eigenvalue weighted by Gasteiger charge is 2.50. The van der Waals surface area contributed by atoms with Crippen molar-refractivity contribution in [3.63, 3.8) is 0 Å². The van der Waals surface area contributed by atoms with E-state index in [0.29, 0.717) is 24.9 Å². The van der Waals surface area contributed by atoms with Gasteiger partial charge in [0.1, 0.15) is 23.6 Å². The summed E-state index contributed by atoms with van der Waals surface area (Å²) in [6, 6.07) is 0. The van der Waals surface area contributed by atoms with E-state index in [1.807, 2.05) is 13.8 Å². The van der Waals surface area contributed by atoms with Gasteiger partial charge >= 0.3 is 13.8 Å². The van der Waals surface area contributed by atoms with Gasteiger partial charge in [0.25, 0.3) is 5.91 Å². The van der Waals surface area contributed by atoms with Crippen LogP contribution in [0.15, 0.2) is 11.6 Å². The third-order valence-electron chi connectivity index (χ3n) is 8.12. The number of aliphatic hydroxyl groups is 3. The molecule has 1 amide bonds. The van der Waals surface area contributed by atoms with Crippen molar-refractivity contribution in [3.8, 4) is 5.75 Å². The maximum atomic E-state index is 12.6. The number of allylic oxidation sites excluding steroid dienone is 2. The van der Waals surface area contributed by atoms with Gasteiger partial charge in [0.15, 0.2) is 5.78 Å². The van der Waals surface area contributed by atoms with E-state index in [9.17, 15) is 44.1 Å². The number of ether oxygens (including phenoxy) is 1. The molecule has 0 aromatic heterocycles. The van der Waals surface area contributed by atoms with Gasteiger partial charge < -0.3 is 29.9 Å². The van der Waals surface area contributed by atoms with Crippen molar-refractivity contribution in [3.05, 3.63) is 39.5 Å². The number of phosphoric acid groups is 1. The highest BCUT2D eigenvalue weighted by atomic mass is 31.2. The number of Topliss-reactive ketones (excluding diaryl/α,β-unsaturated/α-hetero) is 1. The SMILES string of the molecule is CCCCNC(=O)[C@]1(O)C[C@@H](O)[C@@H](O)[C@H](OC(=O)CC/C(C)=C/Cc2c(C)c(C)c3c(c2OP(=O)(O)O)C(=O)CC3)C1. The Balaban J connectivity index is 1.68. The lowest BCUT2D eigenvalue weighted by molar-refractivity contribution is -0.190. The Morgan fingerprint density at radius 2 is 1.81 bits per heavy atom. The first-order valence-corrected chi connectivity index (χ1v) is 15.8. The Hall–Kier alpha value is -2.60. The summed E-state index contributed by atoms with van der Waals surface area (Å²) in [7, 11) is -4.95. The Morgan fingerprint density at radius 3 is 2.45 bits per heavy atom. The van der Waals surface area contributed by atoms with E-state index in [4.69, 9.17) is 9.26 Å². The molecule has 0 spiro atoms. The predicted octanol–water partition coefficient (Wildman–Crippen LogP) is 2.25. The average Bonchev–Trinajstić information content (AvgIpc) is 3.29. The minimum Gasteiger partial charge on any atom is -0.459 e. The van der Waals surface area contributed by atoms with Crippen molar-refractivity contribution in [2.45, 2.75) is 109 Å². The van der Waals surface area contributed by atoms with Crippen LogP contribution in [0.4, 0.5) is 0 Å². The van der Waals surface area contributed by atoms with Crippen molar-refractivity contribution in [1.82, 2.24) is 5.32 Å². The van der Waals surface area contributed by atoms with Crippen molar-refractivity contribution in [2.24, 2.45) is 0 Å². The number of phosphoric ester groups is 1. The molecule has 1 aromatic carbocycles. The second-order valence-electron chi connectivity index (χ2n) is 11.3. The Kier molecular flexibility index (Phi) is 11.1. The summed E-state index contributed by atoms with van der Waals surface area (Å²) in [6.07, 6.45) is -0.598. The molecule has 0 radical (unpaired) electrons. The second kappa shape index (κ2) is 13.8. The summed E-state index contributed by atoms with van der Waals surface area (Å²) < 4.78 is 22.1. The van der Waals surface area contributed by atoms with E-state index in [1.165, 1.54) is 0 Å². The third kappa shape index (κ3) is 8.06. The molecule has 0 saturated heterocycles. The van der Waals surface area contributed by atoms with Crippen molar-refractivity contribution < 1.29 is 53.3 Å². The summed E-state index contributed by atoms with van der Waals surface area (Å²) >= 11 is 0. The van der Waals surface area contributed by atoms with Gasteiger partial charge in [-0.05, 0) is 63.1 Å². The van der Waals surface area contributed by atoms with Crippen LogP contribution in [-0.2, 0) is 31.7 Å². The number of hydrogen-bond acceptors (Lipinski definition) is 9. The molecule has 1 saturated carbocycles. The third-order valence-corrected chi connectivity index (χ3v) is 8.54. The molecule has 0 aliphatic heterocycles. The number of carbonyl (C=O) groups is 3. The summed E-state index contributed by atoms with van der Waals surface area (Å²) in [5.74, 6) is -1.73. The molecule has 1 fully saturated rings. The highest BCUT2D eigenvalue weighted by Crippen LogP contribution is 2.46. The van der Waals surface area contributed by atoms with Crippen molar-refractivity contribution >= 4 is 25.5 Å². The zero-order valence-electron chi connectivity index (χ0n) is 24.5. The zero-order valence-corrected chi connectivity index (χ0v) is 25.4. The van der Waals surface area contributed by atoms with Gasteiger partial charge in [-0.3, -0.25) is 24.2 Å². The molecular weight excluding hydrogens is 569 g/mol. The van der Waals surface area contributed by atoms with E-state index in [1.54, 1.807) is 19.9 Å². The Bertz CT molecular complexity index is 1290. The summed E-state index contributed by atoms with van der Waals surface area (Å²) in [6.45, 7) is 7.71. The molecule has 3 rings (SSSR count). The number of hydrogen-bond donors (Lipinski definition) is 6. The minimum atomic E-state index is -4.95. The Labute approximate surface area is 245 Å². The van der Waals surface area contributed by atoms with Gasteiger partial charge in [-0.1, -0.05) is 25.0 Å². The van der Waals surface area contributed by atoms with E-state index in [-0.39, 0.29) is 55.6 Å². The lowest BCUT2D eigenvalue weighted by Crippen LogP contribution is -2.59. The normalized spacial score (nSPS) is 24.4.